The highest BCUT2D eigenvalue weighted by Crippen LogP contribution is 2.28. The molecule has 0 unspecified atom stereocenters. The first-order valence-corrected chi connectivity index (χ1v) is 11.6. The zero-order valence-electron chi connectivity index (χ0n) is 18.5. The minimum atomic E-state index is -0.314. The molecule has 0 aliphatic rings. The van der Waals surface area contributed by atoms with Gasteiger partial charge in [-0.15, -0.1) is 11.3 Å². The zero-order valence-corrected chi connectivity index (χ0v) is 19.3. The van der Waals surface area contributed by atoms with Crippen LogP contribution in [0.1, 0.15) is 17.3 Å². The minimum absolute atomic E-state index is 0.158. The Bertz CT molecular complexity index is 1260. The third-order valence-corrected chi connectivity index (χ3v) is 5.49. The van der Waals surface area contributed by atoms with Gasteiger partial charge in [-0.1, -0.05) is 42.5 Å². The van der Waals surface area contributed by atoms with Crippen LogP contribution in [0.5, 0.6) is 11.5 Å². The highest BCUT2D eigenvalue weighted by Gasteiger charge is 2.11. The van der Waals surface area contributed by atoms with Crippen LogP contribution in [0.3, 0.4) is 0 Å². The van der Waals surface area contributed by atoms with Crippen LogP contribution in [0, 0.1) is 0 Å². The van der Waals surface area contributed by atoms with Crippen molar-refractivity contribution in [3.63, 3.8) is 0 Å². The number of para-hydroxylation sites is 2. The van der Waals surface area contributed by atoms with Crippen LogP contribution in [0.25, 0.3) is 11.3 Å². The first kappa shape index (κ1) is 23.0. The quantitative estimate of drug-likeness (QED) is 0.336. The number of carbonyl (C=O) groups excluding carboxylic acids is 2. The summed E-state index contributed by atoms with van der Waals surface area (Å²) in [5.74, 6) is 0.626. The SMILES string of the molecule is CCOc1ccccc1OCC(=O)Nc1nc(-c2ccc(NC(=O)c3ccccc3)cc2)cs1. The van der Waals surface area contributed by atoms with Crippen LogP contribution in [0.15, 0.2) is 84.2 Å². The molecule has 34 heavy (non-hydrogen) atoms. The van der Waals surface area contributed by atoms with Crippen molar-refractivity contribution in [2.24, 2.45) is 0 Å². The summed E-state index contributed by atoms with van der Waals surface area (Å²) >= 11 is 1.32. The largest absolute Gasteiger partial charge is 0.490 e. The normalized spacial score (nSPS) is 10.4. The van der Waals surface area contributed by atoms with Crippen LogP contribution >= 0.6 is 11.3 Å². The summed E-state index contributed by atoms with van der Waals surface area (Å²) in [6, 6.07) is 23.6. The van der Waals surface area contributed by atoms with Crippen LogP contribution in [-0.4, -0.2) is 30.0 Å². The molecule has 172 valence electrons. The first-order valence-electron chi connectivity index (χ1n) is 10.7. The predicted octanol–water partition coefficient (Wildman–Crippen LogP) is 5.48. The Morgan fingerprint density at radius 2 is 1.53 bits per heavy atom. The lowest BCUT2D eigenvalue weighted by Crippen LogP contribution is -2.20. The van der Waals surface area contributed by atoms with Crippen molar-refractivity contribution in [2.75, 3.05) is 23.8 Å². The summed E-state index contributed by atoms with van der Waals surface area (Å²) in [6.07, 6.45) is 0. The molecule has 7 nitrogen and oxygen atoms in total. The van der Waals surface area contributed by atoms with Crippen LogP contribution in [0.2, 0.25) is 0 Å². The van der Waals surface area contributed by atoms with Crippen molar-refractivity contribution < 1.29 is 19.1 Å². The fourth-order valence-corrected chi connectivity index (χ4v) is 3.86. The predicted molar refractivity (Wildman–Crippen MR) is 134 cm³/mol. The van der Waals surface area contributed by atoms with Crippen LogP contribution < -0.4 is 20.1 Å². The number of nitrogens with one attached hydrogen (secondary N) is 2. The second kappa shape index (κ2) is 11.1. The highest BCUT2D eigenvalue weighted by atomic mass is 32.1. The Balaban J connectivity index is 1.32. The number of thiazole rings is 1. The number of nitrogens with zero attached hydrogens (tertiary/aromatic N) is 1. The molecule has 3 aromatic carbocycles. The fraction of sp³-hybridized carbons (Fsp3) is 0.115. The third-order valence-electron chi connectivity index (χ3n) is 4.73. The molecule has 0 radical (unpaired) electrons. The van der Waals surface area contributed by atoms with E-state index in [1.54, 1.807) is 24.3 Å². The van der Waals surface area contributed by atoms with Gasteiger partial charge in [0.25, 0.3) is 11.8 Å². The van der Waals surface area contributed by atoms with Gasteiger partial charge in [-0.25, -0.2) is 4.98 Å². The number of amides is 2. The van der Waals surface area contributed by atoms with Crippen molar-refractivity contribution in [1.29, 1.82) is 0 Å². The van der Waals surface area contributed by atoms with E-state index in [1.165, 1.54) is 11.3 Å². The fourth-order valence-electron chi connectivity index (χ4n) is 3.12. The topological polar surface area (TPSA) is 89.6 Å². The van der Waals surface area contributed by atoms with Gasteiger partial charge in [0.15, 0.2) is 23.2 Å². The van der Waals surface area contributed by atoms with E-state index >= 15 is 0 Å². The van der Waals surface area contributed by atoms with Gasteiger partial charge in [0.05, 0.1) is 12.3 Å². The van der Waals surface area contributed by atoms with Crippen molar-refractivity contribution in [2.45, 2.75) is 6.92 Å². The maximum atomic E-state index is 12.3. The number of carbonyl (C=O) groups is 2. The Morgan fingerprint density at radius 1 is 0.853 bits per heavy atom. The molecule has 0 saturated heterocycles. The summed E-state index contributed by atoms with van der Waals surface area (Å²) in [7, 11) is 0. The van der Waals surface area contributed by atoms with E-state index in [0.29, 0.717) is 34.5 Å². The smallest absolute Gasteiger partial charge is 0.264 e. The maximum Gasteiger partial charge on any atom is 0.264 e. The lowest BCUT2D eigenvalue weighted by atomic mass is 10.1. The van der Waals surface area contributed by atoms with Gasteiger partial charge in [0.2, 0.25) is 0 Å². The van der Waals surface area contributed by atoms with E-state index in [4.69, 9.17) is 9.47 Å². The third kappa shape index (κ3) is 5.99. The van der Waals surface area contributed by atoms with Crippen molar-refractivity contribution in [1.82, 2.24) is 4.98 Å². The molecule has 0 saturated carbocycles. The van der Waals surface area contributed by atoms with Crippen molar-refractivity contribution >= 4 is 34.0 Å². The molecule has 8 heteroatoms. The number of rotatable bonds is 9. The van der Waals surface area contributed by atoms with Gasteiger partial charge in [-0.05, 0) is 43.3 Å². The van der Waals surface area contributed by atoms with Gasteiger partial charge in [0.1, 0.15) is 0 Å². The van der Waals surface area contributed by atoms with E-state index in [1.807, 2.05) is 66.9 Å². The number of benzene rings is 3. The van der Waals surface area contributed by atoms with Crippen molar-refractivity contribution in [3.05, 3.63) is 89.8 Å². The number of hydrogen-bond donors (Lipinski definition) is 2. The average molecular weight is 474 g/mol. The molecule has 0 aliphatic heterocycles. The van der Waals surface area contributed by atoms with Crippen molar-refractivity contribution in [3.8, 4) is 22.8 Å². The summed E-state index contributed by atoms with van der Waals surface area (Å²) in [5, 5.41) is 7.96. The van der Waals surface area contributed by atoms with Gasteiger partial charge < -0.3 is 14.8 Å². The summed E-state index contributed by atoms with van der Waals surface area (Å²) < 4.78 is 11.1. The van der Waals surface area contributed by atoms with Gasteiger partial charge in [0, 0.05) is 22.2 Å². The van der Waals surface area contributed by atoms with E-state index in [9.17, 15) is 9.59 Å². The summed E-state index contributed by atoms with van der Waals surface area (Å²) in [4.78, 5) is 29.1. The van der Waals surface area contributed by atoms with Crippen LogP contribution in [0.4, 0.5) is 10.8 Å². The molecule has 0 aliphatic carbocycles. The molecular weight excluding hydrogens is 450 g/mol. The first-order chi connectivity index (χ1) is 16.6. The highest BCUT2D eigenvalue weighted by molar-refractivity contribution is 7.14. The maximum absolute atomic E-state index is 12.3. The number of aromatic nitrogens is 1. The second-order valence-electron chi connectivity index (χ2n) is 7.15. The molecule has 1 heterocycles. The molecule has 0 fully saturated rings. The number of ether oxygens (including phenoxy) is 2. The zero-order chi connectivity index (χ0) is 23.8. The Labute approximate surface area is 201 Å². The monoisotopic (exact) mass is 473 g/mol. The van der Waals surface area contributed by atoms with E-state index in [0.717, 1.165) is 11.3 Å². The molecule has 4 aromatic rings. The van der Waals surface area contributed by atoms with Crippen LogP contribution in [-0.2, 0) is 4.79 Å². The van der Waals surface area contributed by atoms with Gasteiger partial charge >= 0.3 is 0 Å². The van der Waals surface area contributed by atoms with Gasteiger partial charge in [-0.3, -0.25) is 14.9 Å². The number of hydrogen-bond acceptors (Lipinski definition) is 6. The molecular formula is C26H23N3O4S. The molecule has 0 atom stereocenters. The molecule has 4 rings (SSSR count). The Morgan fingerprint density at radius 3 is 2.24 bits per heavy atom. The van der Waals surface area contributed by atoms with Gasteiger partial charge in [-0.2, -0.15) is 0 Å². The molecule has 0 spiro atoms. The van der Waals surface area contributed by atoms with E-state index < -0.39 is 0 Å². The second-order valence-corrected chi connectivity index (χ2v) is 8.01. The lowest BCUT2D eigenvalue weighted by molar-refractivity contribution is -0.118. The summed E-state index contributed by atoms with van der Waals surface area (Å²) in [6.45, 7) is 2.24. The molecule has 0 bridgehead atoms. The Kier molecular flexibility index (Phi) is 7.52. The molecule has 2 N–H and O–H groups in total. The lowest BCUT2D eigenvalue weighted by Gasteiger charge is -2.11. The summed E-state index contributed by atoms with van der Waals surface area (Å²) in [5.41, 5.74) is 2.88. The minimum Gasteiger partial charge on any atom is -0.490 e. The molecule has 1 aromatic heterocycles. The standard InChI is InChI=1S/C26H23N3O4S/c1-2-32-22-10-6-7-11-23(22)33-16-24(30)29-26-28-21(17-34-26)18-12-14-20(15-13-18)27-25(31)19-8-4-3-5-9-19/h3-15,17H,2,16H2,1H3,(H,27,31)(H,28,29,30). The molecule has 2 amide bonds. The van der Waals surface area contributed by atoms with E-state index in [-0.39, 0.29) is 18.4 Å². The Hall–Kier alpha value is -4.17. The average Bonchev–Trinajstić information content (AvgIpc) is 3.33. The van der Waals surface area contributed by atoms with E-state index in [2.05, 4.69) is 15.6 Å². The number of anilines is 2.